The highest BCUT2D eigenvalue weighted by atomic mass is 16.3. The molecule has 18 heavy (non-hydrogen) atoms. The molecule has 2 aromatic rings. The van der Waals surface area contributed by atoms with E-state index >= 15 is 0 Å². The summed E-state index contributed by atoms with van der Waals surface area (Å²) < 4.78 is 0. The van der Waals surface area contributed by atoms with Crippen molar-refractivity contribution in [2.24, 2.45) is 5.84 Å². The summed E-state index contributed by atoms with van der Waals surface area (Å²) in [6.07, 6.45) is 1.89. The highest BCUT2D eigenvalue weighted by molar-refractivity contribution is 5.87. The van der Waals surface area contributed by atoms with E-state index in [-0.39, 0.29) is 12.1 Å². The molecule has 8 nitrogen and oxygen atoms in total. The lowest BCUT2D eigenvalue weighted by Gasteiger charge is -2.16. The molecule has 0 saturated heterocycles. The molecule has 2 unspecified atom stereocenters. The molecule has 6 N–H and O–H groups in total. The lowest BCUT2D eigenvalue weighted by atomic mass is 10.1. The van der Waals surface area contributed by atoms with Crippen molar-refractivity contribution in [2.75, 3.05) is 10.7 Å². The number of rotatable bonds is 5. The molecule has 0 amide bonds. The van der Waals surface area contributed by atoms with E-state index in [0.717, 1.165) is 5.39 Å². The van der Waals surface area contributed by atoms with Crippen molar-refractivity contribution in [3.8, 4) is 0 Å². The van der Waals surface area contributed by atoms with E-state index in [4.69, 9.17) is 5.84 Å². The van der Waals surface area contributed by atoms with Gasteiger partial charge >= 0.3 is 0 Å². The van der Waals surface area contributed by atoms with Gasteiger partial charge in [0.05, 0.1) is 17.7 Å². The highest BCUT2D eigenvalue weighted by Gasteiger charge is 2.12. The van der Waals surface area contributed by atoms with Crippen molar-refractivity contribution < 1.29 is 5.11 Å². The molecule has 0 bridgehead atoms. The number of nitrogen functional groups attached to an aromatic ring is 1. The van der Waals surface area contributed by atoms with Gasteiger partial charge < -0.3 is 10.4 Å². The molecule has 0 aromatic carbocycles. The van der Waals surface area contributed by atoms with Crippen LogP contribution in [0.4, 0.5) is 11.8 Å². The monoisotopic (exact) mass is 251 g/mol. The van der Waals surface area contributed by atoms with Gasteiger partial charge in [0.15, 0.2) is 5.65 Å². The lowest BCUT2D eigenvalue weighted by Crippen LogP contribution is -2.22. The number of aliphatic hydroxyl groups excluding tert-OH is 1. The Hall–Kier alpha value is -1.93. The zero-order valence-electron chi connectivity index (χ0n) is 10.3. The van der Waals surface area contributed by atoms with Crippen molar-refractivity contribution in [1.82, 2.24) is 20.2 Å². The fourth-order valence-electron chi connectivity index (χ4n) is 1.81. The standard InChI is InChI=1S/C10H17N7O/c1-5(3-6(2)18)13-8-7-4-12-17-9(7)15-10(14-8)16-11/h4-6,18H,3,11H2,1-2H3,(H3,12,13,14,15,16,17). The molecule has 8 heteroatoms. The summed E-state index contributed by atoms with van der Waals surface area (Å²) in [5.74, 6) is 6.25. The van der Waals surface area contributed by atoms with Crippen molar-refractivity contribution in [3.63, 3.8) is 0 Å². The van der Waals surface area contributed by atoms with Crippen LogP contribution >= 0.6 is 0 Å². The zero-order valence-corrected chi connectivity index (χ0v) is 10.3. The van der Waals surface area contributed by atoms with Crippen LogP contribution < -0.4 is 16.6 Å². The quantitative estimate of drug-likeness (QED) is 0.380. The molecular formula is C10H17N7O. The molecule has 2 atom stereocenters. The number of nitrogens with zero attached hydrogens (tertiary/aromatic N) is 3. The second kappa shape index (κ2) is 5.15. The van der Waals surface area contributed by atoms with Crippen LogP contribution in [0.3, 0.4) is 0 Å². The maximum absolute atomic E-state index is 9.35. The topological polar surface area (TPSA) is 125 Å². The first-order valence-corrected chi connectivity index (χ1v) is 5.72. The smallest absolute Gasteiger partial charge is 0.241 e. The summed E-state index contributed by atoms with van der Waals surface area (Å²) in [6, 6.07) is 0.0728. The molecular weight excluding hydrogens is 234 g/mol. The number of hydrogen-bond donors (Lipinski definition) is 5. The molecule has 0 aliphatic carbocycles. The van der Waals surface area contributed by atoms with Gasteiger partial charge in [0.25, 0.3) is 0 Å². The Morgan fingerprint density at radius 1 is 1.44 bits per heavy atom. The molecule has 0 aliphatic heterocycles. The van der Waals surface area contributed by atoms with E-state index in [9.17, 15) is 5.11 Å². The Labute approximate surface area is 104 Å². The van der Waals surface area contributed by atoms with Crippen LogP contribution in [0.5, 0.6) is 0 Å². The maximum Gasteiger partial charge on any atom is 0.241 e. The summed E-state index contributed by atoms with van der Waals surface area (Å²) in [5, 5.41) is 20.0. The van der Waals surface area contributed by atoms with E-state index < -0.39 is 0 Å². The normalized spacial score (nSPS) is 14.4. The van der Waals surface area contributed by atoms with Gasteiger partial charge in [-0.2, -0.15) is 15.1 Å². The Morgan fingerprint density at radius 3 is 2.89 bits per heavy atom. The van der Waals surface area contributed by atoms with Gasteiger partial charge in [0, 0.05) is 6.04 Å². The number of nitrogens with two attached hydrogens (primary N) is 1. The highest BCUT2D eigenvalue weighted by Crippen LogP contribution is 2.20. The van der Waals surface area contributed by atoms with Crippen LogP contribution in [0.25, 0.3) is 11.0 Å². The van der Waals surface area contributed by atoms with Gasteiger partial charge in [-0.15, -0.1) is 0 Å². The lowest BCUT2D eigenvalue weighted by molar-refractivity contribution is 0.179. The minimum Gasteiger partial charge on any atom is -0.393 e. The molecule has 0 spiro atoms. The second-order valence-corrected chi connectivity index (χ2v) is 4.30. The summed E-state index contributed by atoms with van der Waals surface area (Å²) in [4.78, 5) is 8.37. The number of hydrazine groups is 1. The zero-order chi connectivity index (χ0) is 13.1. The average molecular weight is 251 g/mol. The van der Waals surface area contributed by atoms with E-state index in [1.807, 2.05) is 6.92 Å². The molecule has 2 rings (SSSR count). The third kappa shape index (κ3) is 2.66. The van der Waals surface area contributed by atoms with Gasteiger partial charge in [0.1, 0.15) is 5.82 Å². The van der Waals surface area contributed by atoms with Crippen LogP contribution in [0.2, 0.25) is 0 Å². The van der Waals surface area contributed by atoms with Gasteiger partial charge in [-0.1, -0.05) is 0 Å². The fraction of sp³-hybridized carbons (Fsp3) is 0.500. The van der Waals surface area contributed by atoms with E-state index in [0.29, 0.717) is 23.8 Å². The summed E-state index contributed by atoms with van der Waals surface area (Å²) in [5.41, 5.74) is 3.01. The predicted octanol–water partition coefficient (Wildman–Crippen LogP) is 0.210. The number of anilines is 2. The van der Waals surface area contributed by atoms with Crippen molar-refractivity contribution >= 4 is 22.8 Å². The summed E-state index contributed by atoms with van der Waals surface area (Å²) >= 11 is 0. The van der Waals surface area contributed by atoms with E-state index in [2.05, 4.69) is 30.9 Å². The SMILES string of the molecule is CC(O)CC(C)Nc1nc(NN)nc2[nH]ncc12. The number of H-pyrrole nitrogens is 1. The minimum absolute atomic E-state index is 0.0728. The second-order valence-electron chi connectivity index (χ2n) is 4.30. The molecule has 0 saturated carbocycles. The van der Waals surface area contributed by atoms with Gasteiger partial charge in [-0.3, -0.25) is 10.5 Å². The Kier molecular flexibility index (Phi) is 3.58. The number of aromatic nitrogens is 4. The summed E-state index contributed by atoms with van der Waals surface area (Å²) in [6.45, 7) is 3.72. The molecule has 0 aliphatic rings. The Balaban J connectivity index is 2.28. The van der Waals surface area contributed by atoms with Gasteiger partial charge in [0.2, 0.25) is 5.95 Å². The number of fused-ring (bicyclic) bond motifs is 1. The number of aliphatic hydroxyl groups is 1. The third-order valence-corrected chi connectivity index (χ3v) is 2.52. The van der Waals surface area contributed by atoms with E-state index in [1.54, 1.807) is 13.1 Å². The minimum atomic E-state index is -0.374. The van der Waals surface area contributed by atoms with Crippen LogP contribution in [0, 0.1) is 0 Å². The molecule has 2 heterocycles. The average Bonchev–Trinajstić information content (AvgIpc) is 2.75. The van der Waals surface area contributed by atoms with Gasteiger partial charge in [-0.05, 0) is 20.3 Å². The molecule has 2 aromatic heterocycles. The third-order valence-electron chi connectivity index (χ3n) is 2.52. The van der Waals surface area contributed by atoms with Crippen LogP contribution in [0.15, 0.2) is 6.20 Å². The first kappa shape index (κ1) is 12.5. The van der Waals surface area contributed by atoms with Gasteiger partial charge in [-0.25, -0.2) is 5.84 Å². The predicted molar refractivity (Wildman–Crippen MR) is 68.9 cm³/mol. The number of nitrogens with one attached hydrogen (secondary N) is 3. The summed E-state index contributed by atoms with van der Waals surface area (Å²) in [7, 11) is 0. The van der Waals surface area contributed by atoms with Crippen molar-refractivity contribution in [3.05, 3.63) is 6.20 Å². The van der Waals surface area contributed by atoms with E-state index in [1.165, 1.54) is 0 Å². The molecule has 0 fully saturated rings. The Bertz CT molecular complexity index is 524. The number of hydrogen-bond acceptors (Lipinski definition) is 7. The molecule has 98 valence electrons. The van der Waals surface area contributed by atoms with Crippen LogP contribution in [-0.2, 0) is 0 Å². The van der Waals surface area contributed by atoms with Crippen LogP contribution in [-0.4, -0.2) is 37.4 Å². The number of aromatic amines is 1. The van der Waals surface area contributed by atoms with Crippen molar-refractivity contribution in [1.29, 1.82) is 0 Å². The Morgan fingerprint density at radius 2 is 2.22 bits per heavy atom. The fourth-order valence-corrected chi connectivity index (χ4v) is 1.81. The largest absolute Gasteiger partial charge is 0.393 e. The first-order valence-electron chi connectivity index (χ1n) is 5.72. The first-order chi connectivity index (χ1) is 8.60. The van der Waals surface area contributed by atoms with Crippen molar-refractivity contribution in [2.45, 2.75) is 32.4 Å². The molecule has 0 radical (unpaired) electrons. The van der Waals surface area contributed by atoms with Crippen LogP contribution in [0.1, 0.15) is 20.3 Å². The maximum atomic E-state index is 9.35.